The smallest absolute Gasteiger partial charge is 0.324 e. The monoisotopic (exact) mass is 554 g/mol. The lowest BCUT2D eigenvalue weighted by atomic mass is 9.98. The number of nitrogens with one attached hydrogen (secondary N) is 1. The molecular formula is C25H34N10O5. The lowest BCUT2D eigenvalue weighted by Crippen LogP contribution is -2.33. The van der Waals surface area contributed by atoms with Crippen LogP contribution in [0.2, 0.25) is 0 Å². The molecule has 15 heteroatoms. The Labute approximate surface area is 231 Å². The zero-order chi connectivity index (χ0) is 28.9. The molecule has 0 aliphatic heterocycles. The molecule has 0 aromatic carbocycles. The fourth-order valence-electron chi connectivity index (χ4n) is 3.96. The maximum Gasteiger partial charge on any atom is 0.324 e. The summed E-state index contributed by atoms with van der Waals surface area (Å²) in [5, 5.41) is 12.2. The van der Waals surface area contributed by atoms with Gasteiger partial charge in [0.05, 0.1) is 43.4 Å². The van der Waals surface area contributed by atoms with Gasteiger partial charge in [0, 0.05) is 32.6 Å². The molecule has 40 heavy (non-hydrogen) atoms. The molecule has 1 aromatic heterocycles. The highest BCUT2D eigenvalue weighted by molar-refractivity contribution is 6.13. The van der Waals surface area contributed by atoms with Crippen LogP contribution in [0.4, 0.5) is 17.8 Å². The first-order chi connectivity index (χ1) is 19.5. The van der Waals surface area contributed by atoms with Gasteiger partial charge in [-0.1, -0.05) is 0 Å². The highest BCUT2D eigenvalue weighted by atomic mass is 16.5. The van der Waals surface area contributed by atoms with Crippen molar-refractivity contribution in [3.05, 3.63) is 34.7 Å². The summed E-state index contributed by atoms with van der Waals surface area (Å²) >= 11 is 0. The van der Waals surface area contributed by atoms with Gasteiger partial charge in [-0.05, 0) is 27.7 Å². The van der Waals surface area contributed by atoms with E-state index in [9.17, 15) is 16.2 Å². The molecule has 2 atom stereocenters. The van der Waals surface area contributed by atoms with Crippen molar-refractivity contribution in [1.29, 1.82) is 0 Å². The first-order valence-corrected chi connectivity index (χ1v) is 13.1. The van der Waals surface area contributed by atoms with Crippen LogP contribution in [0.1, 0.15) is 40.5 Å². The van der Waals surface area contributed by atoms with Crippen LogP contribution in [0.3, 0.4) is 0 Å². The van der Waals surface area contributed by atoms with Crippen LogP contribution in [0, 0.1) is 0 Å². The number of ether oxygens (including phenoxy) is 4. The van der Waals surface area contributed by atoms with Crippen LogP contribution in [0.5, 0.6) is 0 Å². The molecule has 0 saturated carbocycles. The van der Waals surface area contributed by atoms with Gasteiger partial charge in [-0.25, -0.2) is 9.98 Å². The molecule has 0 bridgehead atoms. The van der Waals surface area contributed by atoms with E-state index in [2.05, 4.69) is 39.8 Å². The number of nitrogens with zero attached hydrogens (tertiary/aromatic N) is 9. The van der Waals surface area contributed by atoms with Crippen molar-refractivity contribution < 1.29 is 33.6 Å². The molecule has 0 fully saturated rings. The Morgan fingerprint density at radius 2 is 1.30 bits per heavy atom. The van der Waals surface area contributed by atoms with Crippen LogP contribution in [0.25, 0.3) is 11.1 Å². The van der Waals surface area contributed by atoms with Gasteiger partial charge in [-0.3, -0.25) is 0 Å². The minimum Gasteiger partial charge on any atom is -0.492 e. The average Bonchev–Trinajstić information content (AvgIpc) is 2.95. The third-order valence-corrected chi connectivity index (χ3v) is 5.59. The molecule has 0 spiro atoms. The van der Waals surface area contributed by atoms with Crippen LogP contribution >= 0.6 is 0 Å². The summed E-state index contributed by atoms with van der Waals surface area (Å²) in [6, 6.07) is 0. The number of hydrogen-bond acceptors (Lipinski definition) is 11. The van der Waals surface area contributed by atoms with Crippen LogP contribution in [0.15, 0.2) is 33.7 Å². The minimum absolute atomic E-state index is 0.0340. The van der Waals surface area contributed by atoms with E-state index in [0.29, 0.717) is 60.8 Å². The van der Waals surface area contributed by atoms with E-state index in [1.165, 1.54) is 0 Å². The Kier molecular flexibility index (Phi) is 11.8. The molecule has 3 rings (SSSR count). The van der Waals surface area contributed by atoms with Crippen molar-refractivity contribution in [2.75, 3.05) is 44.9 Å². The molecule has 2 aliphatic carbocycles. The van der Waals surface area contributed by atoms with Crippen LogP contribution in [-0.2, 0) is 18.9 Å². The van der Waals surface area contributed by atoms with Gasteiger partial charge in [0.2, 0.25) is 5.95 Å². The van der Waals surface area contributed by atoms with Crippen molar-refractivity contribution >= 4 is 40.7 Å². The largest absolute Gasteiger partial charge is 0.492 e. The fourth-order valence-corrected chi connectivity index (χ4v) is 3.96. The molecule has 2 N–H and O–H groups in total. The van der Waals surface area contributed by atoms with Gasteiger partial charge in [0.1, 0.15) is 11.5 Å². The molecule has 1 aromatic rings. The molecule has 0 amide bonds. The maximum atomic E-state index is 9.45. The van der Waals surface area contributed by atoms with Gasteiger partial charge >= 0.3 is 11.4 Å². The van der Waals surface area contributed by atoms with Crippen LogP contribution < -0.4 is 5.32 Å². The summed E-state index contributed by atoms with van der Waals surface area (Å²) in [4.78, 5) is 29.1. The summed E-state index contributed by atoms with van der Waals surface area (Å²) in [5.41, 5.74) is 20.5. The number of aliphatic hydroxyl groups is 1. The molecule has 15 nitrogen and oxygen atoms in total. The predicted molar refractivity (Wildman–Crippen MR) is 146 cm³/mol. The van der Waals surface area contributed by atoms with Gasteiger partial charge in [0.15, 0.2) is 12.2 Å². The van der Waals surface area contributed by atoms with Gasteiger partial charge in [-0.2, -0.15) is 24.5 Å². The van der Waals surface area contributed by atoms with E-state index in [-0.39, 0.29) is 43.8 Å². The number of anilines is 1. The number of allylic oxidation sites excluding steroid dienone is 2. The Hall–Kier alpha value is -4.13. The molecule has 0 saturated heterocycles. The van der Waals surface area contributed by atoms with E-state index >= 15 is 0 Å². The molecule has 2 aliphatic rings. The highest BCUT2D eigenvalue weighted by Gasteiger charge is 2.34. The van der Waals surface area contributed by atoms with Crippen molar-refractivity contribution in [1.82, 2.24) is 15.0 Å². The molecular weight excluding hydrogens is 520 g/mol. The van der Waals surface area contributed by atoms with E-state index in [1.807, 2.05) is 27.7 Å². The Bertz CT molecular complexity index is 1190. The van der Waals surface area contributed by atoms with Gasteiger partial charge in [0.25, 0.3) is 11.9 Å². The third kappa shape index (κ3) is 7.94. The summed E-state index contributed by atoms with van der Waals surface area (Å²) in [6.45, 7) is 8.89. The summed E-state index contributed by atoms with van der Waals surface area (Å²) in [6.07, 6.45) is 2.56. The second-order valence-electron chi connectivity index (χ2n) is 8.26. The predicted octanol–water partition coefficient (Wildman–Crippen LogP) is 2.22. The summed E-state index contributed by atoms with van der Waals surface area (Å²) < 4.78 is 22.9. The molecule has 1 heterocycles. The van der Waals surface area contributed by atoms with E-state index < -0.39 is 12.2 Å². The zero-order valence-corrected chi connectivity index (χ0v) is 23.1. The minimum atomic E-state index is -0.537. The van der Waals surface area contributed by atoms with E-state index in [1.54, 1.807) is 12.2 Å². The SMILES string of the molecule is CCOC1=CC(=[N+]=[N-])C(OCC)CC1=Nc1nc(N=C2CC(OCC)C(=[N+]=[N-])C=C2OCC)nc(NCCO)n1. The third-order valence-electron chi connectivity index (χ3n) is 5.59. The van der Waals surface area contributed by atoms with Gasteiger partial charge < -0.3 is 40.4 Å². The Balaban J connectivity index is 2.10. The lowest BCUT2D eigenvalue weighted by Gasteiger charge is -2.20. The number of hydrogen-bond donors (Lipinski definition) is 2. The zero-order valence-electron chi connectivity index (χ0n) is 23.1. The topological polar surface area (TPSA) is 205 Å². The quantitative estimate of drug-likeness (QED) is 0.270. The fraction of sp³-hybridized carbons (Fsp3) is 0.560. The Morgan fingerprint density at radius 3 is 1.68 bits per heavy atom. The first-order valence-electron chi connectivity index (χ1n) is 13.1. The van der Waals surface area contributed by atoms with Crippen molar-refractivity contribution in [3.8, 4) is 0 Å². The second kappa shape index (κ2) is 15.5. The summed E-state index contributed by atoms with van der Waals surface area (Å²) in [7, 11) is 0. The molecule has 214 valence electrons. The lowest BCUT2D eigenvalue weighted by molar-refractivity contribution is -0.0274. The molecule has 2 unspecified atom stereocenters. The average molecular weight is 555 g/mol. The number of aliphatic hydroxyl groups excluding tert-OH is 1. The standard InChI is InChI=1S/C25H34N10O5/c1-5-37-19-13-17(34-26)21(39-7-3)11-15(19)29-24-31-23(28-9-10-36)32-25(33-24)30-16-12-22(40-8-4)18(35-27)14-20(16)38-6-2/h13-14,21-22,36H,5-12H2,1-4H3,(H,28,31,32,33). The maximum absolute atomic E-state index is 9.45. The Morgan fingerprint density at radius 1 is 0.825 bits per heavy atom. The molecule has 0 radical (unpaired) electrons. The van der Waals surface area contributed by atoms with Crippen molar-refractivity contribution in [2.45, 2.75) is 52.7 Å². The number of rotatable bonds is 13. The van der Waals surface area contributed by atoms with E-state index in [4.69, 9.17) is 18.9 Å². The first kappa shape index (κ1) is 30.4. The normalized spacial score (nSPS) is 21.0. The highest BCUT2D eigenvalue weighted by Crippen LogP contribution is 2.24. The number of aromatic nitrogens is 3. The summed E-state index contributed by atoms with van der Waals surface area (Å²) in [5.74, 6) is 1.01. The van der Waals surface area contributed by atoms with Crippen molar-refractivity contribution in [3.63, 3.8) is 0 Å². The van der Waals surface area contributed by atoms with Crippen molar-refractivity contribution in [2.24, 2.45) is 9.98 Å². The van der Waals surface area contributed by atoms with Gasteiger partial charge in [-0.15, -0.1) is 0 Å². The van der Waals surface area contributed by atoms with Crippen LogP contribution in [-0.4, -0.2) is 104 Å². The van der Waals surface area contributed by atoms with E-state index in [0.717, 1.165) is 0 Å². The second-order valence-corrected chi connectivity index (χ2v) is 8.26. The number of aliphatic imine (C=N–C) groups is 2.